The van der Waals surface area contributed by atoms with Gasteiger partial charge in [-0.25, -0.2) is 0 Å². The minimum Gasteiger partial charge on any atom is -0.355 e. The van der Waals surface area contributed by atoms with Crippen molar-refractivity contribution in [3.63, 3.8) is 0 Å². The van der Waals surface area contributed by atoms with E-state index in [9.17, 15) is 0 Å². The van der Waals surface area contributed by atoms with Crippen LogP contribution in [0.4, 0.5) is 0 Å². The summed E-state index contributed by atoms with van der Waals surface area (Å²) in [5, 5.41) is 0. The maximum atomic E-state index is 5.57. The third-order valence-electron chi connectivity index (χ3n) is 4.63. The van der Waals surface area contributed by atoms with Crippen LogP contribution >= 0.6 is 0 Å². The maximum Gasteiger partial charge on any atom is 0.146 e. The summed E-state index contributed by atoms with van der Waals surface area (Å²) in [4.78, 5) is 0. The summed E-state index contributed by atoms with van der Waals surface area (Å²) >= 11 is 0. The van der Waals surface area contributed by atoms with Crippen LogP contribution in [0.15, 0.2) is 0 Å². The van der Waals surface area contributed by atoms with Gasteiger partial charge >= 0.3 is 0 Å². The van der Waals surface area contributed by atoms with Gasteiger partial charge in [-0.05, 0) is 37.5 Å². The Morgan fingerprint density at radius 3 is 1.83 bits per heavy atom. The monoisotopic (exact) mass is 328 g/mol. The molecule has 0 radical (unpaired) electrons. The van der Waals surface area contributed by atoms with Gasteiger partial charge in [0.15, 0.2) is 0 Å². The summed E-state index contributed by atoms with van der Waals surface area (Å²) in [6.07, 6.45) is 15.8. The summed E-state index contributed by atoms with van der Waals surface area (Å²) in [6, 6.07) is 0. The zero-order valence-electron chi connectivity index (χ0n) is 16.6. The van der Waals surface area contributed by atoms with Crippen LogP contribution in [0.1, 0.15) is 105 Å². The van der Waals surface area contributed by atoms with E-state index >= 15 is 0 Å². The molecule has 0 spiro atoms. The SMILES string of the molecule is CCCCCCCCCOCOCCCC(C)CC(C)CCC. The van der Waals surface area contributed by atoms with E-state index in [1.165, 1.54) is 77.0 Å². The molecular weight excluding hydrogens is 284 g/mol. The van der Waals surface area contributed by atoms with E-state index in [1.807, 2.05) is 0 Å². The van der Waals surface area contributed by atoms with E-state index in [-0.39, 0.29) is 0 Å². The zero-order valence-corrected chi connectivity index (χ0v) is 16.6. The first-order valence-electron chi connectivity index (χ1n) is 10.4. The quantitative estimate of drug-likeness (QED) is 0.200. The molecule has 0 saturated heterocycles. The fourth-order valence-electron chi connectivity index (χ4n) is 3.29. The fourth-order valence-corrected chi connectivity index (χ4v) is 3.29. The third-order valence-corrected chi connectivity index (χ3v) is 4.63. The summed E-state index contributed by atoms with van der Waals surface area (Å²) in [5.74, 6) is 1.70. The van der Waals surface area contributed by atoms with Crippen molar-refractivity contribution < 1.29 is 9.47 Å². The lowest BCUT2D eigenvalue weighted by molar-refractivity contribution is -0.0561. The van der Waals surface area contributed by atoms with Crippen LogP contribution in [0.3, 0.4) is 0 Å². The van der Waals surface area contributed by atoms with Crippen LogP contribution in [0.25, 0.3) is 0 Å². The average molecular weight is 329 g/mol. The van der Waals surface area contributed by atoms with Crippen LogP contribution in [0.2, 0.25) is 0 Å². The molecule has 23 heavy (non-hydrogen) atoms. The van der Waals surface area contributed by atoms with E-state index in [2.05, 4.69) is 27.7 Å². The van der Waals surface area contributed by atoms with Crippen molar-refractivity contribution >= 4 is 0 Å². The highest BCUT2D eigenvalue weighted by Crippen LogP contribution is 2.20. The van der Waals surface area contributed by atoms with E-state index in [0.717, 1.165) is 25.0 Å². The van der Waals surface area contributed by atoms with Gasteiger partial charge in [-0.2, -0.15) is 0 Å². The highest BCUT2D eigenvalue weighted by atomic mass is 16.7. The molecule has 2 nitrogen and oxygen atoms in total. The van der Waals surface area contributed by atoms with Gasteiger partial charge in [-0.1, -0.05) is 79.1 Å². The first-order chi connectivity index (χ1) is 11.2. The largest absolute Gasteiger partial charge is 0.355 e. The molecule has 0 fully saturated rings. The molecule has 0 aromatic carbocycles. The molecule has 0 bridgehead atoms. The predicted molar refractivity (Wildman–Crippen MR) is 102 cm³/mol. The Morgan fingerprint density at radius 1 is 0.609 bits per heavy atom. The number of ether oxygens (including phenoxy) is 2. The lowest BCUT2D eigenvalue weighted by Crippen LogP contribution is -2.06. The van der Waals surface area contributed by atoms with Crippen molar-refractivity contribution in [3.05, 3.63) is 0 Å². The van der Waals surface area contributed by atoms with Crippen molar-refractivity contribution in [2.45, 2.75) is 105 Å². The number of unbranched alkanes of at least 4 members (excludes halogenated alkanes) is 6. The molecular formula is C21H44O2. The lowest BCUT2D eigenvalue weighted by atomic mass is 9.91. The van der Waals surface area contributed by atoms with Crippen LogP contribution in [0.5, 0.6) is 0 Å². The standard InChI is InChI=1S/C21H44O2/c1-5-7-8-9-10-11-12-16-22-19-23-17-13-15-21(4)18-20(3)14-6-2/h20-21H,5-19H2,1-4H3. The highest BCUT2D eigenvalue weighted by Gasteiger charge is 2.07. The Bertz CT molecular complexity index is 218. The lowest BCUT2D eigenvalue weighted by Gasteiger charge is -2.16. The summed E-state index contributed by atoms with van der Waals surface area (Å²) in [6.45, 7) is 11.5. The van der Waals surface area contributed by atoms with Crippen molar-refractivity contribution in [2.24, 2.45) is 11.8 Å². The second-order valence-corrected chi connectivity index (χ2v) is 7.43. The molecule has 140 valence electrons. The zero-order chi connectivity index (χ0) is 17.2. The Morgan fingerprint density at radius 2 is 1.17 bits per heavy atom. The van der Waals surface area contributed by atoms with E-state index < -0.39 is 0 Å². The van der Waals surface area contributed by atoms with Gasteiger partial charge in [-0.3, -0.25) is 0 Å². The molecule has 0 aliphatic heterocycles. The van der Waals surface area contributed by atoms with Gasteiger partial charge in [0.2, 0.25) is 0 Å². The minimum atomic E-state index is 0.483. The first kappa shape index (κ1) is 22.9. The van der Waals surface area contributed by atoms with Crippen LogP contribution in [-0.4, -0.2) is 20.0 Å². The first-order valence-corrected chi connectivity index (χ1v) is 10.4. The Kier molecular flexibility index (Phi) is 18.2. The molecule has 0 heterocycles. The maximum absolute atomic E-state index is 5.57. The van der Waals surface area contributed by atoms with E-state index in [4.69, 9.17) is 9.47 Å². The van der Waals surface area contributed by atoms with E-state index in [0.29, 0.717) is 6.79 Å². The summed E-state index contributed by atoms with van der Waals surface area (Å²) in [7, 11) is 0. The molecule has 2 atom stereocenters. The number of hydrogen-bond donors (Lipinski definition) is 0. The normalized spacial score (nSPS) is 14.1. The molecule has 0 aromatic heterocycles. The molecule has 0 aliphatic rings. The van der Waals surface area contributed by atoms with Gasteiger partial charge < -0.3 is 9.47 Å². The molecule has 0 rings (SSSR count). The summed E-state index contributed by atoms with van der Waals surface area (Å²) in [5.41, 5.74) is 0. The van der Waals surface area contributed by atoms with Gasteiger partial charge in [0, 0.05) is 13.2 Å². The smallest absolute Gasteiger partial charge is 0.146 e. The van der Waals surface area contributed by atoms with Crippen molar-refractivity contribution in [1.29, 1.82) is 0 Å². The van der Waals surface area contributed by atoms with Gasteiger partial charge in [0.25, 0.3) is 0 Å². The second kappa shape index (κ2) is 18.3. The fraction of sp³-hybridized carbons (Fsp3) is 1.00. The predicted octanol–water partition coefficient (Wildman–Crippen LogP) is 6.97. The average Bonchev–Trinajstić information content (AvgIpc) is 2.52. The second-order valence-electron chi connectivity index (χ2n) is 7.43. The molecule has 2 unspecified atom stereocenters. The van der Waals surface area contributed by atoms with E-state index in [1.54, 1.807) is 0 Å². The van der Waals surface area contributed by atoms with Gasteiger partial charge in [-0.15, -0.1) is 0 Å². The molecule has 0 amide bonds. The van der Waals surface area contributed by atoms with Crippen LogP contribution < -0.4 is 0 Å². The third kappa shape index (κ3) is 18.1. The summed E-state index contributed by atoms with van der Waals surface area (Å²) < 4.78 is 11.1. The van der Waals surface area contributed by atoms with Gasteiger partial charge in [0.05, 0.1) is 0 Å². The molecule has 2 heteroatoms. The molecule has 0 aromatic rings. The Labute approximate surface area is 146 Å². The van der Waals surface area contributed by atoms with Crippen molar-refractivity contribution in [3.8, 4) is 0 Å². The number of hydrogen-bond acceptors (Lipinski definition) is 2. The van der Waals surface area contributed by atoms with Gasteiger partial charge in [0.1, 0.15) is 6.79 Å². The Balaban J connectivity index is 3.15. The van der Waals surface area contributed by atoms with Crippen LogP contribution in [0, 0.1) is 11.8 Å². The van der Waals surface area contributed by atoms with Crippen molar-refractivity contribution in [2.75, 3.05) is 20.0 Å². The van der Waals surface area contributed by atoms with Crippen LogP contribution in [-0.2, 0) is 9.47 Å². The molecule has 0 N–H and O–H groups in total. The minimum absolute atomic E-state index is 0.483. The Hall–Kier alpha value is -0.0800. The highest BCUT2D eigenvalue weighted by molar-refractivity contribution is 4.59. The van der Waals surface area contributed by atoms with Crippen molar-refractivity contribution in [1.82, 2.24) is 0 Å². The topological polar surface area (TPSA) is 18.5 Å². The molecule has 0 saturated carbocycles. The molecule has 0 aliphatic carbocycles. The number of rotatable bonds is 18.